The van der Waals surface area contributed by atoms with Crippen molar-refractivity contribution in [3.63, 3.8) is 0 Å². The molecule has 154 valence electrons. The Balaban J connectivity index is 1.61. The lowest BCUT2D eigenvalue weighted by molar-refractivity contribution is 0.410. The lowest BCUT2D eigenvalue weighted by Gasteiger charge is -2.13. The summed E-state index contributed by atoms with van der Waals surface area (Å²) in [6, 6.07) is 12.4. The number of nitrogens with one attached hydrogen (secondary N) is 1. The van der Waals surface area contributed by atoms with Crippen LogP contribution in [0, 0.1) is 20.8 Å². The quantitative estimate of drug-likeness (QED) is 0.523. The molecule has 0 fully saturated rings. The van der Waals surface area contributed by atoms with Crippen molar-refractivity contribution in [2.24, 2.45) is 0 Å². The number of rotatable bonds is 5. The van der Waals surface area contributed by atoms with Crippen molar-refractivity contribution in [2.75, 3.05) is 11.8 Å². The maximum Gasteiger partial charge on any atom is 0.262 e. The first-order valence-electron chi connectivity index (χ1n) is 9.38. The largest absolute Gasteiger partial charge is 0.496 e. The predicted octanol–water partition coefficient (Wildman–Crippen LogP) is 4.13. The third kappa shape index (κ3) is 3.73. The Morgan fingerprint density at radius 1 is 0.967 bits per heavy atom. The number of methoxy groups -OCH3 is 1. The molecule has 0 aliphatic carbocycles. The summed E-state index contributed by atoms with van der Waals surface area (Å²) in [4.78, 5) is 9.12. The number of aromatic nitrogens is 3. The van der Waals surface area contributed by atoms with Crippen LogP contribution in [0.15, 0.2) is 59.8 Å². The second-order valence-electron chi connectivity index (χ2n) is 7.17. The Hall–Kier alpha value is -3.39. The third-order valence-corrected chi connectivity index (χ3v) is 6.40. The van der Waals surface area contributed by atoms with Crippen LogP contribution in [-0.4, -0.2) is 29.9 Å². The van der Waals surface area contributed by atoms with Crippen LogP contribution in [0.25, 0.3) is 17.0 Å². The van der Waals surface area contributed by atoms with Gasteiger partial charge in [0.05, 0.1) is 17.7 Å². The van der Waals surface area contributed by atoms with E-state index in [0.717, 1.165) is 22.5 Å². The molecule has 1 N–H and O–H groups in total. The molecule has 2 aromatic carbocycles. The second kappa shape index (κ2) is 7.46. The topological polar surface area (TPSA) is 85.6 Å². The highest BCUT2D eigenvalue weighted by molar-refractivity contribution is 7.92. The summed E-state index contributed by atoms with van der Waals surface area (Å²) in [5.74, 6) is 1.16. The van der Waals surface area contributed by atoms with Gasteiger partial charge in [-0.25, -0.2) is 18.4 Å². The van der Waals surface area contributed by atoms with Crippen molar-refractivity contribution < 1.29 is 13.2 Å². The fourth-order valence-electron chi connectivity index (χ4n) is 3.34. The molecule has 2 heterocycles. The van der Waals surface area contributed by atoms with E-state index in [9.17, 15) is 8.42 Å². The van der Waals surface area contributed by atoms with Gasteiger partial charge in [0.2, 0.25) is 5.78 Å². The van der Waals surface area contributed by atoms with Crippen LogP contribution in [0.1, 0.15) is 16.8 Å². The minimum atomic E-state index is -3.76. The van der Waals surface area contributed by atoms with Crippen molar-refractivity contribution in [1.29, 1.82) is 0 Å². The van der Waals surface area contributed by atoms with Crippen LogP contribution < -0.4 is 9.46 Å². The summed E-state index contributed by atoms with van der Waals surface area (Å²) in [5, 5.41) is 0. The Morgan fingerprint density at radius 3 is 2.40 bits per heavy atom. The maximum atomic E-state index is 12.9. The number of aryl methyl sites for hydroxylation is 3. The van der Waals surface area contributed by atoms with Gasteiger partial charge in [-0.2, -0.15) is 0 Å². The van der Waals surface area contributed by atoms with E-state index < -0.39 is 10.0 Å². The van der Waals surface area contributed by atoms with Gasteiger partial charge in [0.1, 0.15) is 5.75 Å². The number of sulfonamides is 1. The van der Waals surface area contributed by atoms with E-state index in [1.54, 1.807) is 31.2 Å². The molecule has 0 unspecified atom stereocenters. The van der Waals surface area contributed by atoms with E-state index in [0.29, 0.717) is 22.8 Å². The van der Waals surface area contributed by atoms with Crippen molar-refractivity contribution in [1.82, 2.24) is 14.4 Å². The molecule has 2 aromatic heterocycles. The molecule has 0 saturated carbocycles. The molecule has 0 saturated heterocycles. The number of nitrogens with zero attached hydrogens (tertiary/aromatic N) is 3. The first-order valence-corrected chi connectivity index (χ1v) is 10.9. The first-order chi connectivity index (χ1) is 14.3. The molecule has 0 aliphatic rings. The van der Waals surface area contributed by atoms with Gasteiger partial charge in [0.25, 0.3) is 10.0 Å². The van der Waals surface area contributed by atoms with Gasteiger partial charge in [0.15, 0.2) is 0 Å². The van der Waals surface area contributed by atoms with Crippen LogP contribution >= 0.6 is 0 Å². The number of ether oxygens (including phenoxy) is 1. The van der Waals surface area contributed by atoms with E-state index in [-0.39, 0.29) is 4.90 Å². The van der Waals surface area contributed by atoms with Gasteiger partial charge in [-0.1, -0.05) is 18.2 Å². The van der Waals surface area contributed by atoms with Gasteiger partial charge in [0, 0.05) is 35.4 Å². The lowest BCUT2D eigenvalue weighted by Crippen LogP contribution is -2.14. The van der Waals surface area contributed by atoms with Gasteiger partial charge >= 0.3 is 0 Å². The fourth-order valence-corrected chi connectivity index (χ4v) is 4.64. The molecule has 4 rings (SSSR count). The lowest BCUT2D eigenvalue weighted by atomic mass is 10.1. The minimum Gasteiger partial charge on any atom is -0.496 e. The Bertz CT molecular complexity index is 1340. The average Bonchev–Trinajstić information content (AvgIpc) is 3.11. The zero-order valence-corrected chi connectivity index (χ0v) is 18.0. The normalized spacial score (nSPS) is 11.6. The molecule has 0 bridgehead atoms. The number of hydrogen-bond donors (Lipinski definition) is 1. The number of hydrogen-bond acceptors (Lipinski definition) is 5. The van der Waals surface area contributed by atoms with E-state index in [1.807, 2.05) is 48.8 Å². The minimum absolute atomic E-state index is 0.191. The summed E-state index contributed by atoms with van der Waals surface area (Å²) in [7, 11) is -2.23. The highest BCUT2D eigenvalue weighted by Gasteiger charge is 2.19. The molecule has 0 radical (unpaired) electrons. The Morgan fingerprint density at radius 2 is 1.70 bits per heavy atom. The Kier molecular flexibility index (Phi) is 4.95. The number of fused-ring (bicyclic) bond motifs is 1. The molecular formula is C22H22N4O3S. The molecule has 0 aliphatic heterocycles. The van der Waals surface area contributed by atoms with Crippen molar-refractivity contribution in [3.05, 3.63) is 71.7 Å². The SMILES string of the molecule is COc1cc(S(=O)(=O)Nc2ccc(-c3cn4ccc(C)nc4n3)cc2)c(C)cc1C. The summed E-state index contributed by atoms with van der Waals surface area (Å²) >= 11 is 0. The molecule has 4 aromatic rings. The van der Waals surface area contributed by atoms with Crippen LogP contribution in [0.4, 0.5) is 5.69 Å². The summed E-state index contributed by atoms with van der Waals surface area (Å²) in [6.07, 6.45) is 3.80. The highest BCUT2D eigenvalue weighted by Crippen LogP contribution is 2.28. The van der Waals surface area contributed by atoms with Crippen LogP contribution in [-0.2, 0) is 10.0 Å². The average molecular weight is 423 g/mol. The Labute approximate surface area is 175 Å². The van der Waals surface area contributed by atoms with Gasteiger partial charge in [-0.15, -0.1) is 0 Å². The second-order valence-corrected chi connectivity index (χ2v) is 8.82. The monoisotopic (exact) mass is 422 g/mol. The molecular weight excluding hydrogens is 400 g/mol. The van der Waals surface area contributed by atoms with E-state index >= 15 is 0 Å². The van der Waals surface area contributed by atoms with Crippen LogP contribution in [0.5, 0.6) is 5.75 Å². The third-order valence-electron chi connectivity index (χ3n) is 4.88. The smallest absolute Gasteiger partial charge is 0.262 e. The van der Waals surface area contributed by atoms with E-state index in [1.165, 1.54) is 7.11 Å². The molecule has 0 spiro atoms. The van der Waals surface area contributed by atoms with Crippen LogP contribution in [0.3, 0.4) is 0 Å². The summed E-state index contributed by atoms with van der Waals surface area (Å²) in [6.45, 7) is 5.56. The molecule has 0 amide bonds. The predicted molar refractivity (Wildman–Crippen MR) is 116 cm³/mol. The highest BCUT2D eigenvalue weighted by atomic mass is 32.2. The van der Waals surface area contributed by atoms with E-state index in [4.69, 9.17) is 4.74 Å². The van der Waals surface area contributed by atoms with Crippen molar-refractivity contribution >= 4 is 21.5 Å². The summed E-state index contributed by atoms with van der Waals surface area (Å²) in [5.41, 5.74) is 4.54. The molecule has 7 nitrogen and oxygen atoms in total. The van der Waals surface area contributed by atoms with Crippen molar-refractivity contribution in [3.8, 4) is 17.0 Å². The molecule has 0 atom stereocenters. The standard InChI is InChI=1S/C22H22N4O3S/c1-14-11-15(2)21(12-20(14)29-4)30(27,28)25-18-7-5-17(6-8-18)19-13-26-10-9-16(3)23-22(26)24-19/h5-13,25H,1-4H3. The number of benzene rings is 2. The number of anilines is 1. The van der Waals surface area contributed by atoms with Gasteiger partial charge < -0.3 is 4.74 Å². The van der Waals surface area contributed by atoms with Crippen molar-refractivity contribution in [2.45, 2.75) is 25.7 Å². The van der Waals surface area contributed by atoms with Gasteiger partial charge in [-0.05, 0) is 50.1 Å². The number of imidazole rings is 1. The fraction of sp³-hybridized carbons (Fsp3) is 0.182. The van der Waals surface area contributed by atoms with Crippen LogP contribution in [0.2, 0.25) is 0 Å². The molecule has 30 heavy (non-hydrogen) atoms. The first kappa shape index (κ1) is 19.9. The maximum absolute atomic E-state index is 12.9. The summed E-state index contributed by atoms with van der Waals surface area (Å²) < 4.78 is 35.6. The molecule has 8 heteroatoms. The van der Waals surface area contributed by atoms with Gasteiger partial charge in [-0.3, -0.25) is 9.12 Å². The van der Waals surface area contributed by atoms with E-state index in [2.05, 4.69) is 14.7 Å². The zero-order chi connectivity index (χ0) is 21.5. The zero-order valence-electron chi connectivity index (χ0n) is 17.2.